The van der Waals surface area contributed by atoms with E-state index in [1.165, 1.54) is 28.3 Å². The Morgan fingerprint density at radius 3 is 2.55 bits per heavy atom. The SMILES string of the molecule is CCOCCCN1C(=O)C(=Cc2c(N3CCN(c4ccc(F)cc4)CC3)nc3ccccn3c2=O)SC1=S. The molecule has 0 aliphatic carbocycles. The van der Waals surface area contributed by atoms with E-state index in [9.17, 15) is 14.0 Å². The van der Waals surface area contributed by atoms with E-state index in [1.807, 2.05) is 13.0 Å². The van der Waals surface area contributed by atoms with Gasteiger partial charge in [0, 0.05) is 57.8 Å². The summed E-state index contributed by atoms with van der Waals surface area (Å²) >= 11 is 6.68. The predicted octanol–water partition coefficient (Wildman–Crippen LogP) is 3.79. The highest BCUT2D eigenvalue weighted by Crippen LogP contribution is 2.34. The number of thioether (sulfide) groups is 1. The topological polar surface area (TPSA) is 70.4 Å². The number of thiocarbonyl (C=S) groups is 1. The Labute approximate surface area is 229 Å². The number of carbonyl (C=O) groups excluding carboxylic acids is 1. The Morgan fingerprint density at radius 1 is 1.08 bits per heavy atom. The van der Waals surface area contributed by atoms with E-state index < -0.39 is 0 Å². The highest BCUT2D eigenvalue weighted by atomic mass is 32.2. The van der Waals surface area contributed by atoms with Crippen molar-refractivity contribution in [3.05, 3.63) is 75.3 Å². The van der Waals surface area contributed by atoms with Crippen molar-refractivity contribution in [1.29, 1.82) is 0 Å². The fourth-order valence-electron chi connectivity index (χ4n) is 4.58. The van der Waals surface area contributed by atoms with E-state index in [2.05, 4.69) is 9.80 Å². The maximum absolute atomic E-state index is 13.6. The lowest BCUT2D eigenvalue weighted by Crippen LogP contribution is -2.47. The molecule has 2 saturated heterocycles. The summed E-state index contributed by atoms with van der Waals surface area (Å²) in [6, 6.07) is 11.9. The minimum atomic E-state index is -0.266. The summed E-state index contributed by atoms with van der Waals surface area (Å²) in [5.74, 6) is 0.0697. The summed E-state index contributed by atoms with van der Waals surface area (Å²) in [5, 5.41) is 0. The van der Waals surface area contributed by atoms with Crippen LogP contribution in [0.1, 0.15) is 18.9 Å². The molecule has 2 aromatic heterocycles. The molecule has 4 heterocycles. The summed E-state index contributed by atoms with van der Waals surface area (Å²) in [7, 11) is 0. The van der Waals surface area contributed by atoms with Gasteiger partial charge in [0.15, 0.2) is 0 Å². The maximum Gasteiger partial charge on any atom is 0.267 e. The third kappa shape index (κ3) is 5.45. The quantitative estimate of drug-likeness (QED) is 0.237. The molecule has 0 atom stereocenters. The van der Waals surface area contributed by atoms with Crippen LogP contribution in [-0.2, 0) is 9.53 Å². The average molecular weight is 554 g/mol. The Morgan fingerprint density at radius 2 is 1.82 bits per heavy atom. The fourth-order valence-corrected chi connectivity index (χ4v) is 5.87. The fraction of sp³-hybridized carbons (Fsp3) is 0.333. The van der Waals surface area contributed by atoms with Crippen molar-refractivity contribution in [1.82, 2.24) is 14.3 Å². The molecule has 0 unspecified atom stereocenters. The normalized spacial score (nSPS) is 17.3. The Hall–Kier alpha value is -3.28. The first kappa shape index (κ1) is 26.3. The van der Waals surface area contributed by atoms with Gasteiger partial charge in [-0.15, -0.1) is 0 Å². The van der Waals surface area contributed by atoms with Crippen LogP contribution >= 0.6 is 24.0 Å². The van der Waals surface area contributed by atoms with Gasteiger partial charge < -0.3 is 14.5 Å². The number of amides is 1. The van der Waals surface area contributed by atoms with E-state index >= 15 is 0 Å². The zero-order chi connectivity index (χ0) is 26.6. The van der Waals surface area contributed by atoms with E-state index in [0.29, 0.717) is 78.6 Å². The van der Waals surface area contributed by atoms with E-state index in [4.69, 9.17) is 21.9 Å². The zero-order valence-corrected chi connectivity index (χ0v) is 22.6. The molecule has 1 aromatic carbocycles. The molecule has 198 valence electrons. The second-order valence-corrected chi connectivity index (χ2v) is 10.6. The third-order valence-electron chi connectivity index (χ3n) is 6.54. The lowest BCUT2D eigenvalue weighted by atomic mass is 10.2. The van der Waals surface area contributed by atoms with Crippen molar-refractivity contribution in [3.8, 4) is 0 Å². The Kier molecular flexibility index (Phi) is 8.06. The molecule has 3 aromatic rings. The van der Waals surface area contributed by atoms with E-state index in [0.717, 1.165) is 5.69 Å². The third-order valence-corrected chi connectivity index (χ3v) is 7.92. The van der Waals surface area contributed by atoms with Crippen molar-refractivity contribution in [3.63, 3.8) is 0 Å². The molecule has 1 amide bonds. The summed E-state index contributed by atoms with van der Waals surface area (Å²) in [4.78, 5) is 37.9. The standard InChI is InChI=1S/C27H28FN5O3S2/c1-2-36-17-5-12-33-26(35)22(38-27(33)37)18-21-24(29-23-6-3-4-11-32(23)25(21)34)31-15-13-30(14-16-31)20-9-7-19(28)8-10-20/h3-4,6-11,18H,2,5,12-17H2,1H3. The molecule has 0 spiro atoms. The minimum Gasteiger partial charge on any atom is -0.382 e. The van der Waals surface area contributed by atoms with E-state index in [1.54, 1.807) is 41.4 Å². The van der Waals surface area contributed by atoms with Crippen LogP contribution in [0, 0.1) is 5.82 Å². The van der Waals surface area contributed by atoms with Gasteiger partial charge in [-0.2, -0.15) is 0 Å². The molecule has 0 saturated carbocycles. The molecule has 5 rings (SSSR count). The summed E-state index contributed by atoms with van der Waals surface area (Å²) in [6.45, 7) is 6.17. The number of hydrogen-bond donors (Lipinski definition) is 0. The van der Waals surface area contributed by atoms with E-state index in [-0.39, 0.29) is 17.3 Å². The van der Waals surface area contributed by atoms with Gasteiger partial charge in [0.2, 0.25) is 0 Å². The van der Waals surface area contributed by atoms with Crippen LogP contribution in [0.25, 0.3) is 11.7 Å². The lowest BCUT2D eigenvalue weighted by molar-refractivity contribution is -0.122. The molecule has 0 radical (unpaired) electrons. The number of benzene rings is 1. The van der Waals surface area contributed by atoms with Crippen molar-refractivity contribution < 1.29 is 13.9 Å². The molecule has 2 fully saturated rings. The first-order valence-corrected chi connectivity index (χ1v) is 13.8. The number of aromatic nitrogens is 2. The largest absolute Gasteiger partial charge is 0.382 e. The first-order chi connectivity index (χ1) is 18.5. The monoisotopic (exact) mass is 553 g/mol. The van der Waals surface area contributed by atoms with Gasteiger partial charge in [-0.1, -0.05) is 30.0 Å². The van der Waals surface area contributed by atoms with Crippen molar-refractivity contribution >= 4 is 57.4 Å². The summed E-state index contributed by atoms with van der Waals surface area (Å²) in [5.41, 5.74) is 1.60. The number of carbonyl (C=O) groups is 1. The van der Waals surface area contributed by atoms with Gasteiger partial charge in [-0.3, -0.25) is 18.9 Å². The molecular formula is C27H28FN5O3S2. The van der Waals surface area contributed by atoms with Crippen molar-refractivity contribution in [2.75, 3.05) is 55.7 Å². The Balaban J connectivity index is 1.44. The molecule has 38 heavy (non-hydrogen) atoms. The summed E-state index contributed by atoms with van der Waals surface area (Å²) in [6.07, 6.45) is 3.99. The molecule has 2 aliphatic rings. The maximum atomic E-state index is 13.6. The number of hydrogen-bond acceptors (Lipinski definition) is 8. The van der Waals surface area contributed by atoms with Gasteiger partial charge in [0.05, 0.1) is 10.5 Å². The van der Waals surface area contributed by atoms with Gasteiger partial charge in [-0.25, -0.2) is 9.37 Å². The van der Waals surface area contributed by atoms with Crippen LogP contribution in [0.5, 0.6) is 0 Å². The average Bonchev–Trinajstić information content (AvgIpc) is 3.20. The molecule has 0 N–H and O–H groups in total. The minimum absolute atomic E-state index is 0.207. The van der Waals surface area contributed by atoms with Crippen molar-refractivity contribution in [2.45, 2.75) is 13.3 Å². The van der Waals surface area contributed by atoms with Crippen LogP contribution in [0.4, 0.5) is 15.9 Å². The van der Waals surface area contributed by atoms with Gasteiger partial charge in [-0.05, 0) is 55.8 Å². The smallest absolute Gasteiger partial charge is 0.267 e. The molecule has 0 bridgehead atoms. The number of piperazine rings is 1. The highest BCUT2D eigenvalue weighted by molar-refractivity contribution is 8.26. The summed E-state index contributed by atoms with van der Waals surface area (Å²) < 4.78 is 20.7. The number of fused-ring (bicyclic) bond motifs is 1. The second kappa shape index (κ2) is 11.6. The lowest BCUT2D eigenvalue weighted by Gasteiger charge is -2.37. The number of rotatable bonds is 8. The van der Waals surface area contributed by atoms with Crippen LogP contribution in [0.3, 0.4) is 0 Å². The number of pyridine rings is 1. The van der Waals surface area contributed by atoms with Crippen LogP contribution in [0.15, 0.2) is 58.4 Å². The van der Waals surface area contributed by atoms with Gasteiger partial charge in [0.25, 0.3) is 11.5 Å². The number of halogens is 1. The number of nitrogens with zero attached hydrogens (tertiary/aromatic N) is 5. The van der Waals surface area contributed by atoms with Crippen LogP contribution in [0.2, 0.25) is 0 Å². The van der Waals surface area contributed by atoms with Crippen LogP contribution in [-0.4, -0.2) is 70.4 Å². The zero-order valence-electron chi connectivity index (χ0n) is 21.0. The molecular weight excluding hydrogens is 525 g/mol. The molecule has 11 heteroatoms. The van der Waals surface area contributed by atoms with Gasteiger partial charge >= 0.3 is 0 Å². The van der Waals surface area contributed by atoms with Crippen LogP contribution < -0.4 is 15.4 Å². The Bertz CT molecular complexity index is 1430. The highest BCUT2D eigenvalue weighted by Gasteiger charge is 2.33. The first-order valence-electron chi connectivity index (χ1n) is 12.6. The van der Waals surface area contributed by atoms with Gasteiger partial charge in [0.1, 0.15) is 21.6 Å². The second-order valence-electron chi connectivity index (χ2n) is 8.92. The molecule has 8 nitrogen and oxygen atoms in total. The number of ether oxygens (including phenoxy) is 1. The predicted molar refractivity (Wildman–Crippen MR) is 153 cm³/mol. The molecule has 2 aliphatic heterocycles. The number of anilines is 2. The van der Waals surface area contributed by atoms with Crippen molar-refractivity contribution in [2.24, 2.45) is 0 Å².